The maximum Gasteiger partial charge on any atom is 0.311 e. The van der Waals surface area contributed by atoms with Crippen LogP contribution in [0, 0.1) is 17.8 Å². The van der Waals surface area contributed by atoms with Gasteiger partial charge in [0.2, 0.25) is 0 Å². The van der Waals surface area contributed by atoms with Crippen molar-refractivity contribution in [3.8, 4) is 0 Å². The molecule has 440 valence electrons. The zero-order chi connectivity index (χ0) is 58.4. The van der Waals surface area contributed by atoms with Crippen LogP contribution >= 0.6 is 0 Å². The number of benzene rings is 1. The molecule has 1 aromatic carbocycles. The molecule has 0 aliphatic carbocycles. The third-order valence-electron chi connectivity index (χ3n) is 14.1. The van der Waals surface area contributed by atoms with Gasteiger partial charge in [0, 0.05) is 55.7 Å². The highest BCUT2D eigenvalue weighted by molar-refractivity contribution is 5.96. The Bertz CT molecular complexity index is 2280. The minimum atomic E-state index is -2.34. The third kappa shape index (κ3) is 23.1. The van der Waals surface area contributed by atoms with Gasteiger partial charge in [-0.3, -0.25) is 19.2 Å². The molecule has 0 aromatic heterocycles. The summed E-state index contributed by atoms with van der Waals surface area (Å²) in [6.45, 7) is 5.20. The molecule has 0 radical (unpaired) electrons. The molecule has 19 atom stereocenters. The number of anilines is 1. The highest BCUT2D eigenvalue weighted by Crippen LogP contribution is 2.38. The number of Topliss-reactive ketones (excluding diaryl/α,β-unsaturated/α-hetero) is 2. The molecule has 2 bridgehead atoms. The number of nitrogen functional groups attached to an aromatic ring is 1. The van der Waals surface area contributed by atoms with Gasteiger partial charge in [-0.15, -0.1) is 0 Å². The summed E-state index contributed by atoms with van der Waals surface area (Å²) in [6, 6.07) is 5.21. The van der Waals surface area contributed by atoms with Gasteiger partial charge in [0.1, 0.15) is 23.9 Å². The largest absolute Gasteiger partial charge is 0.481 e. The lowest BCUT2D eigenvalue weighted by molar-refractivity contribution is -0.308. The van der Waals surface area contributed by atoms with Gasteiger partial charge in [-0.1, -0.05) is 98.9 Å². The van der Waals surface area contributed by atoms with Gasteiger partial charge in [-0.25, -0.2) is 0 Å². The van der Waals surface area contributed by atoms with E-state index in [0.717, 1.165) is 0 Å². The summed E-state index contributed by atoms with van der Waals surface area (Å²) in [5.74, 6) is -7.81. The monoisotopic (exact) mass is 1110 g/mol. The second kappa shape index (κ2) is 33.0. The lowest BCUT2D eigenvalue weighted by atomic mass is 9.82. The maximum atomic E-state index is 13.3. The number of ketones is 2. The van der Waals surface area contributed by atoms with E-state index >= 15 is 0 Å². The van der Waals surface area contributed by atoms with Crippen LogP contribution in [0.25, 0.3) is 0 Å². The first-order valence-corrected chi connectivity index (χ1v) is 26.9. The van der Waals surface area contributed by atoms with Crippen molar-refractivity contribution < 1.29 is 94.3 Å². The molecule has 79 heavy (non-hydrogen) atoms. The van der Waals surface area contributed by atoms with E-state index < -0.39 is 172 Å². The minimum Gasteiger partial charge on any atom is -0.481 e. The van der Waals surface area contributed by atoms with Gasteiger partial charge >= 0.3 is 11.9 Å². The normalized spacial score (nSPS) is 38.4. The fourth-order valence-corrected chi connectivity index (χ4v) is 9.90. The molecule has 0 saturated carbocycles. The molecular formula is C58H84N2O19. The topological polar surface area (TPSA) is 380 Å². The van der Waals surface area contributed by atoms with E-state index in [9.17, 15) is 75.3 Å². The van der Waals surface area contributed by atoms with Crippen molar-refractivity contribution in [1.82, 2.24) is 0 Å². The number of allylic oxidation sites excluding steroid dienone is 12. The zero-order valence-electron chi connectivity index (χ0n) is 45.1. The van der Waals surface area contributed by atoms with Crippen LogP contribution in [0.2, 0.25) is 0 Å². The van der Waals surface area contributed by atoms with Crippen LogP contribution in [0.3, 0.4) is 0 Å². The van der Waals surface area contributed by atoms with Crippen molar-refractivity contribution in [3.05, 3.63) is 115 Å². The van der Waals surface area contributed by atoms with Crippen LogP contribution in [-0.2, 0) is 33.3 Å². The van der Waals surface area contributed by atoms with Gasteiger partial charge in [0.15, 0.2) is 17.9 Å². The molecule has 3 heterocycles. The van der Waals surface area contributed by atoms with Gasteiger partial charge in [-0.2, -0.15) is 0 Å². The summed E-state index contributed by atoms with van der Waals surface area (Å²) >= 11 is 0. The van der Waals surface area contributed by atoms with Crippen molar-refractivity contribution >= 4 is 29.2 Å². The van der Waals surface area contributed by atoms with Crippen LogP contribution in [0.4, 0.5) is 5.69 Å². The molecule has 21 nitrogen and oxygen atoms in total. The average Bonchev–Trinajstić information content (AvgIpc) is 3.35. The molecule has 14 unspecified atom stereocenters. The lowest BCUT2D eigenvalue weighted by Crippen LogP contribution is -2.61. The number of carboxylic acid groups (broad SMARTS) is 1. The number of fused-ring (bicyclic) bond motifs is 2. The predicted molar refractivity (Wildman–Crippen MR) is 290 cm³/mol. The maximum absolute atomic E-state index is 13.3. The van der Waals surface area contributed by atoms with E-state index in [-0.39, 0.29) is 36.9 Å². The van der Waals surface area contributed by atoms with Crippen LogP contribution < -0.4 is 11.5 Å². The number of cyclic esters (lactones) is 1. The van der Waals surface area contributed by atoms with Gasteiger partial charge in [0.05, 0.1) is 79.6 Å². The number of aliphatic hydroxyl groups is 10. The van der Waals surface area contributed by atoms with Crippen molar-refractivity contribution in [1.29, 1.82) is 0 Å². The summed E-state index contributed by atoms with van der Waals surface area (Å²) in [6.07, 6.45) is 1.70. The molecule has 0 amide bonds. The number of aliphatic hydroxyl groups excluding tert-OH is 9. The number of hydrogen-bond donors (Lipinski definition) is 13. The van der Waals surface area contributed by atoms with Crippen molar-refractivity contribution in [2.75, 3.05) is 5.73 Å². The second-order valence-electron chi connectivity index (χ2n) is 21.2. The molecule has 3 aliphatic rings. The first kappa shape index (κ1) is 66.4. The molecular weight excluding hydrogens is 1030 g/mol. The highest BCUT2D eigenvalue weighted by Gasteiger charge is 2.51. The number of carbonyl (C=O) groups is 4. The zero-order valence-corrected chi connectivity index (χ0v) is 45.1. The molecule has 0 spiro atoms. The first-order valence-electron chi connectivity index (χ1n) is 26.9. The third-order valence-corrected chi connectivity index (χ3v) is 14.1. The van der Waals surface area contributed by atoms with Crippen molar-refractivity contribution in [2.45, 2.75) is 195 Å². The van der Waals surface area contributed by atoms with E-state index in [4.69, 9.17) is 30.4 Å². The number of carbonyl (C=O) groups excluding carboxylic acids is 3. The molecule has 21 heteroatoms. The smallest absolute Gasteiger partial charge is 0.311 e. The Kier molecular flexibility index (Phi) is 27.7. The summed E-state index contributed by atoms with van der Waals surface area (Å²) in [5.41, 5.74) is 12.7. The fraction of sp³-hybridized carbons (Fsp3) is 0.586. The Hall–Kier alpha value is -5.08. The number of nitrogens with two attached hydrogens (primary N) is 2. The van der Waals surface area contributed by atoms with E-state index in [1.807, 2.05) is 19.9 Å². The minimum absolute atomic E-state index is 0.128. The van der Waals surface area contributed by atoms with Gasteiger partial charge in [-0.05, 0) is 69.2 Å². The number of esters is 1. The first-order chi connectivity index (χ1) is 37.3. The van der Waals surface area contributed by atoms with Crippen LogP contribution in [0.1, 0.15) is 108 Å². The molecule has 2 fully saturated rings. The van der Waals surface area contributed by atoms with Crippen LogP contribution in [0.5, 0.6) is 0 Å². The standard InChI is InChI=1S/C58H84N2O19/c1-34-16-14-12-10-8-6-4-5-7-9-11-13-15-17-46(77-57-54(72)52(60)53(71)36(3)76-57)31-49-51(56(73)74)48(69)33-58(75,79-49)32-45(67)28-43(65)26-41(63)24-40(62)25-42(64)27-44(66)30-50(70)78-55(34)35(2)18-23-39(61)29-47(68)37-19-21-38(59)22-20-37/h4-17,19-22,34-36,39-41,43-46,48-49,51-55,57,61-63,65-67,69,71-72,75H,18,23-33,59-60H2,1-3H3,(H,73,74)/b5-4+,8-6+,9-7+,12-10+,13-11+,16-14+,17-15+/t34?,35?,36-,39?,40?,41?,43?,44?,45?,46?,48?,49?,51?,52+,53-,54+,55?,57+,58?/m1/s1. The quantitative estimate of drug-likeness (QED) is 0.0908. The number of ether oxygens (including phenoxy) is 4. The average molecular weight is 1110 g/mol. The lowest BCUT2D eigenvalue weighted by Gasteiger charge is -2.45. The van der Waals surface area contributed by atoms with Crippen LogP contribution in [-0.4, -0.2) is 177 Å². The fourth-order valence-electron chi connectivity index (χ4n) is 9.90. The van der Waals surface area contributed by atoms with E-state index in [1.165, 1.54) is 13.0 Å². The Balaban J connectivity index is 1.54. The van der Waals surface area contributed by atoms with Crippen LogP contribution in [0.15, 0.2) is 109 Å². The van der Waals surface area contributed by atoms with Crippen molar-refractivity contribution in [2.24, 2.45) is 23.5 Å². The molecule has 3 aliphatic heterocycles. The Morgan fingerprint density at radius 1 is 0.709 bits per heavy atom. The Morgan fingerprint density at radius 3 is 1.85 bits per heavy atom. The second-order valence-corrected chi connectivity index (χ2v) is 21.2. The van der Waals surface area contributed by atoms with E-state index in [0.29, 0.717) is 17.7 Å². The van der Waals surface area contributed by atoms with Gasteiger partial charge in [0.25, 0.3) is 0 Å². The number of carboxylic acids is 1. The summed E-state index contributed by atoms with van der Waals surface area (Å²) in [5, 5.41) is 119. The Labute approximate surface area is 461 Å². The van der Waals surface area contributed by atoms with E-state index in [1.54, 1.807) is 97.2 Å². The molecule has 4 rings (SSSR count). The number of aliphatic carboxylic acids is 1. The molecule has 15 N–H and O–H groups in total. The highest BCUT2D eigenvalue weighted by atomic mass is 16.7. The predicted octanol–water partition coefficient (Wildman–Crippen LogP) is 2.29. The van der Waals surface area contributed by atoms with Gasteiger partial charge < -0.3 is 86.6 Å². The van der Waals surface area contributed by atoms with E-state index in [2.05, 4.69) is 0 Å². The summed E-state index contributed by atoms with van der Waals surface area (Å²) in [4.78, 5) is 51.6. The van der Waals surface area contributed by atoms with Crippen molar-refractivity contribution in [3.63, 3.8) is 0 Å². The number of rotatable bonds is 10. The molecule has 1 aromatic rings. The summed E-state index contributed by atoms with van der Waals surface area (Å²) in [7, 11) is 0. The number of hydrogen-bond acceptors (Lipinski definition) is 20. The molecule has 2 saturated heterocycles. The SMILES string of the molecule is CC1/C=C/C=C/C=C/C=C/C=C/C=C/C=C/C(O[C@@H]2O[C@H](C)[C@@H](O)[C@H](N)[C@@H]2O)CC2OC(O)(CC(O)CC(O)CC(O)CC(O)CC(=O)CC(O)CC(=O)OC1C(C)CCC(O)CC(=O)c1ccc(N)cc1)CC(O)C2C(=O)O. The summed E-state index contributed by atoms with van der Waals surface area (Å²) < 4.78 is 23.7. The Morgan fingerprint density at radius 2 is 1.25 bits per heavy atom.